The van der Waals surface area contributed by atoms with Gasteiger partial charge in [-0.1, -0.05) is 50.6 Å². The second-order valence-electron chi connectivity index (χ2n) is 4.85. The van der Waals surface area contributed by atoms with E-state index in [1.165, 1.54) is 17.5 Å². The highest BCUT2D eigenvalue weighted by atomic mass is 14.8. The van der Waals surface area contributed by atoms with Gasteiger partial charge in [0, 0.05) is 0 Å². The molecule has 0 amide bonds. The molecule has 1 rings (SSSR count). The molecule has 84 valence electrons. The van der Waals surface area contributed by atoms with Crippen LogP contribution in [0.1, 0.15) is 38.3 Å². The summed E-state index contributed by atoms with van der Waals surface area (Å²) in [4.78, 5) is 0. The van der Waals surface area contributed by atoms with E-state index in [-0.39, 0.29) is 5.41 Å². The van der Waals surface area contributed by atoms with Crippen LogP contribution in [0.15, 0.2) is 24.3 Å². The molecule has 0 unspecified atom stereocenters. The second kappa shape index (κ2) is 5.32. The van der Waals surface area contributed by atoms with Crippen molar-refractivity contribution < 1.29 is 0 Å². The number of aryl methyl sites for hydroxylation is 1. The van der Waals surface area contributed by atoms with Crippen molar-refractivity contribution in [1.29, 1.82) is 0 Å². The molecule has 0 saturated heterocycles. The fourth-order valence-corrected chi connectivity index (χ4v) is 1.73. The first-order valence-electron chi connectivity index (χ1n) is 5.84. The molecule has 1 N–H and O–H groups in total. The first-order valence-corrected chi connectivity index (χ1v) is 5.84. The molecule has 0 aromatic heterocycles. The Morgan fingerprint density at radius 2 is 1.73 bits per heavy atom. The lowest BCUT2D eigenvalue weighted by Crippen LogP contribution is -2.25. The van der Waals surface area contributed by atoms with Crippen LogP contribution in [-0.2, 0) is 5.41 Å². The molecular weight excluding hydrogens is 182 g/mol. The summed E-state index contributed by atoms with van der Waals surface area (Å²) < 4.78 is 0. The van der Waals surface area contributed by atoms with Gasteiger partial charge in [-0.2, -0.15) is 0 Å². The van der Waals surface area contributed by atoms with Crippen molar-refractivity contribution in [2.45, 2.75) is 39.5 Å². The molecule has 0 fully saturated rings. The first-order chi connectivity index (χ1) is 7.06. The molecular formula is C14H23N. The van der Waals surface area contributed by atoms with Gasteiger partial charge >= 0.3 is 0 Å². The fraction of sp³-hybridized carbons (Fsp3) is 0.571. The van der Waals surface area contributed by atoms with E-state index in [0.717, 1.165) is 13.1 Å². The third kappa shape index (κ3) is 3.67. The van der Waals surface area contributed by atoms with Gasteiger partial charge in [-0.15, -0.1) is 0 Å². The second-order valence-corrected chi connectivity index (χ2v) is 4.85. The zero-order valence-electron chi connectivity index (χ0n) is 10.4. The number of benzene rings is 1. The summed E-state index contributed by atoms with van der Waals surface area (Å²) in [6, 6.07) is 8.90. The number of nitrogens with one attached hydrogen (secondary N) is 1. The molecule has 1 heteroatoms. The molecule has 0 aliphatic rings. The van der Waals surface area contributed by atoms with E-state index in [4.69, 9.17) is 0 Å². The number of rotatable bonds is 5. The highest BCUT2D eigenvalue weighted by Gasteiger charge is 2.19. The van der Waals surface area contributed by atoms with Gasteiger partial charge in [0.1, 0.15) is 0 Å². The van der Waals surface area contributed by atoms with Crippen molar-refractivity contribution in [1.82, 2.24) is 5.32 Å². The van der Waals surface area contributed by atoms with E-state index in [2.05, 4.69) is 57.3 Å². The summed E-state index contributed by atoms with van der Waals surface area (Å²) in [7, 11) is 0. The topological polar surface area (TPSA) is 12.0 Å². The van der Waals surface area contributed by atoms with Crippen LogP contribution in [0.4, 0.5) is 0 Å². The largest absolute Gasteiger partial charge is 0.317 e. The molecule has 1 aromatic rings. The molecule has 0 heterocycles. The summed E-state index contributed by atoms with van der Waals surface area (Å²) in [5, 5.41) is 3.39. The number of hydrogen-bond donors (Lipinski definition) is 1. The Morgan fingerprint density at radius 3 is 2.27 bits per heavy atom. The summed E-state index contributed by atoms with van der Waals surface area (Å²) in [6.45, 7) is 11.1. The van der Waals surface area contributed by atoms with Crippen LogP contribution >= 0.6 is 0 Å². The molecule has 15 heavy (non-hydrogen) atoms. The lowest BCUT2D eigenvalue weighted by molar-refractivity contribution is 0.461. The van der Waals surface area contributed by atoms with Crippen molar-refractivity contribution in [3.63, 3.8) is 0 Å². The van der Waals surface area contributed by atoms with Crippen molar-refractivity contribution in [3.8, 4) is 0 Å². The van der Waals surface area contributed by atoms with E-state index in [9.17, 15) is 0 Å². The van der Waals surface area contributed by atoms with E-state index >= 15 is 0 Å². The minimum absolute atomic E-state index is 0.274. The van der Waals surface area contributed by atoms with Gasteiger partial charge in [-0.3, -0.25) is 0 Å². The van der Waals surface area contributed by atoms with Gasteiger partial charge in [0.2, 0.25) is 0 Å². The van der Waals surface area contributed by atoms with Gasteiger partial charge in [-0.25, -0.2) is 0 Å². The van der Waals surface area contributed by atoms with Gasteiger partial charge in [0.25, 0.3) is 0 Å². The Balaban J connectivity index is 2.63. The Kier molecular flexibility index (Phi) is 4.34. The van der Waals surface area contributed by atoms with Gasteiger partial charge in [0.05, 0.1) is 0 Å². The molecule has 0 atom stereocenters. The van der Waals surface area contributed by atoms with Crippen LogP contribution < -0.4 is 5.32 Å². The van der Waals surface area contributed by atoms with Crippen molar-refractivity contribution in [2.24, 2.45) is 0 Å². The smallest absolute Gasteiger partial charge is 0.00407 e. The van der Waals surface area contributed by atoms with Crippen LogP contribution in [0.25, 0.3) is 0 Å². The molecule has 0 bridgehead atoms. The normalized spacial score (nSPS) is 11.7. The fourth-order valence-electron chi connectivity index (χ4n) is 1.73. The van der Waals surface area contributed by atoms with Crippen LogP contribution in [-0.4, -0.2) is 13.1 Å². The Labute approximate surface area is 93.9 Å². The Morgan fingerprint density at radius 1 is 1.13 bits per heavy atom. The van der Waals surface area contributed by atoms with Gasteiger partial charge in [0.15, 0.2) is 0 Å². The van der Waals surface area contributed by atoms with Crippen LogP contribution in [0.5, 0.6) is 0 Å². The molecule has 0 aliphatic heterocycles. The highest BCUT2D eigenvalue weighted by molar-refractivity contribution is 5.27. The van der Waals surface area contributed by atoms with Crippen molar-refractivity contribution in [2.75, 3.05) is 13.1 Å². The highest BCUT2D eigenvalue weighted by Crippen LogP contribution is 2.26. The predicted octanol–water partition coefficient (Wildman–Crippen LogP) is 3.27. The van der Waals surface area contributed by atoms with E-state index in [1.807, 2.05) is 0 Å². The Hall–Kier alpha value is -0.820. The average Bonchev–Trinajstić information content (AvgIpc) is 2.18. The van der Waals surface area contributed by atoms with Crippen LogP contribution in [0, 0.1) is 6.92 Å². The van der Waals surface area contributed by atoms with Crippen molar-refractivity contribution in [3.05, 3.63) is 35.4 Å². The number of hydrogen-bond acceptors (Lipinski definition) is 1. The molecule has 0 saturated carbocycles. The third-order valence-corrected chi connectivity index (χ3v) is 3.01. The van der Waals surface area contributed by atoms with Crippen LogP contribution in [0.2, 0.25) is 0 Å². The predicted molar refractivity (Wildman–Crippen MR) is 67.4 cm³/mol. The van der Waals surface area contributed by atoms with Gasteiger partial charge < -0.3 is 5.32 Å². The monoisotopic (exact) mass is 205 g/mol. The molecule has 1 nitrogen and oxygen atoms in total. The molecule has 0 spiro atoms. The van der Waals surface area contributed by atoms with E-state index in [0.29, 0.717) is 0 Å². The zero-order valence-corrected chi connectivity index (χ0v) is 10.4. The van der Waals surface area contributed by atoms with Crippen LogP contribution in [0.3, 0.4) is 0 Å². The van der Waals surface area contributed by atoms with E-state index < -0.39 is 0 Å². The average molecular weight is 205 g/mol. The molecule has 1 aromatic carbocycles. The summed E-state index contributed by atoms with van der Waals surface area (Å²) >= 11 is 0. The maximum atomic E-state index is 3.39. The SMILES string of the molecule is CCNCCC(C)(C)c1ccc(C)cc1. The molecule has 0 radical (unpaired) electrons. The van der Waals surface area contributed by atoms with Gasteiger partial charge in [-0.05, 0) is 37.4 Å². The minimum atomic E-state index is 0.274. The lowest BCUT2D eigenvalue weighted by Gasteiger charge is -2.25. The lowest BCUT2D eigenvalue weighted by atomic mass is 9.81. The van der Waals surface area contributed by atoms with E-state index in [1.54, 1.807) is 0 Å². The summed E-state index contributed by atoms with van der Waals surface area (Å²) in [5.41, 5.74) is 3.04. The third-order valence-electron chi connectivity index (χ3n) is 3.01. The standard InChI is InChI=1S/C14H23N/c1-5-15-11-10-14(3,4)13-8-6-12(2)7-9-13/h6-9,15H,5,10-11H2,1-4H3. The quantitative estimate of drug-likeness (QED) is 0.727. The van der Waals surface area contributed by atoms with Crippen molar-refractivity contribution >= 4 is 0 Å². The maximum Gasteiger partial charge on any atom is -0.00407 e. The first kappa shape index (κ1) is 12.3. The summed E-state index contributed by atoms with van der Waals surface area (Å²) in [6.07, 6.45) is 1.18. The molecule has 0 aliphatic carbocycles. The maximum absolute atomic E-state index is 3.39. The minimum Gasteiger partial charge on any atom is -0.317 e. The zero-order chi connectivity index (χ0) is 11.3. The summed E-state index contributed by atoms with van der Waals surface area (Å²) in [5.74, 6) is 0. The Bertz CT molecular complexity index is 285.